The van der Waals surface area contributed by atoms with Gasteiger partial charge in [-0.1, -0.05) is 171 Å². The Hall–Kier alpha value is -2.29. The van der Waals surface area contributed by atoms with E-state index in [4.69, 9.17) is 24.3 Å². The molecular weight excluding hydrogens is 762 g/mol. The summed E-state index contributed by atoms with van der Waals surface area (Å²) in [5, 5.41) is 0. The molecular formula is C49H88NO8P. The second-order valence-electron chi connectivity index (χ2n) is 15.6. The number of hydrogen-bond donors (Lipinski definition) is 2. The number of ether oxygens (including phenoxy) is 2. The van der Waals surface area contributed by atoms with Crippen LogP contribution in [0.5, 0.6) is 0 Å². The maximum Gasteiger partial charge on any atom is 0.472 e. The minimum absolute atomic E-state index is 0.0403. The van der Waals surface area contributed by atoms with Gasteiger partial charge in [0.15, 0.2) is 6.10 Å². The molecule has 0 amide bonds. The molecule has 0 aliphatic heterocycles. The van der Waals surface area contributed by atoms with Crippen molar-refractivity contribution in [2.24, 2.45) is 5.73 Å². The monoisotopic (exact) mass is 850 g/mol. The highest BCUT2D eigenvalue weighted by Crippen LogP contribution is 2.43. The van der Waals surface area contributed by atoms with Crippen LogP contribution in [-0.2, 0) is 32.7 Å². The van der Waals surface area contributed by atoms with Gasteiger partial charge in [0.05, 0.1) is 13.2 Å². The Kier molecular flexibility index (Phi) is 43.5. The summed E-state index contributed by atoms with van der Waals surface area (Å²) in [5.41, 5.74) is 5.35. The van der Waals surface area contributed by atoms with Gasteiger partial charge in [-0.2, -0.15) is 0 Å². The number of phosphoric acid groups is 1. The number of nitrogens with two attached hydrogens (primary N) is 1. The number of esters is 2. The molecule has 1 unspecified atom stereocenters. The van der Waals surface area contributed by atoms with Crippen LogP contribution < -0.4 is 5.73 Å². The summed E-state index contributed by atoms with van der Waals surface area (Å²) >= 11 is 0. The van der Waals surface area contributed by atoms with Crippen LogP contribution in [0.2, 0.25) is 0 Å². The molecule has 0 saturated carbocycles. The zero-order chi connectivity index (χ0) is 43.2. The summed E-state index contributed by atoms with van der Waals surface area (Å²) in [7, 11) is -4.40. The summed E-state index contributed by atoms with van der Waals surface area (Å²) in [5.74, 6) is -0.923. The van der Waals surface area contributed by atoms with E-state index in [2.05, 4.69) is 74.6 Å². The molecule has 0 radical (unpaired) electrons. The van der Waals surface area contributed by atoms with E-state index >= 15 is 0 Å². The second-order valence-corrected chi connectivity index (χ2v) is 17.1. The van der Waals surface area contributed by atoms with E-state index in [-0.39, 0.29) is 32.6 Å². The van der Waals surface area contributed by atoms with E-state index in [9.17, 15) is 19.0 Å². The first kappa shape index (κ1) is 56.7. The molecule has 59 heavy (non-hydrogen) atoms. The third-order valence-corrected chi connectivity index (χ3v) is 10.8. The van der Waals surface area contributed by atoms with Crippen molar-refractivity contribution in [2.45, 2.75) is 213 Å². The Morgan fingerprint density at radius 3 is 1.46 bits per heavy atom. The van der Waals surface area contributed by atoms with E-state index < -0.39 is 32.5 Å². The number of carbonyl (C=O) groups is 2. The fourth-order valence-electron chi connectivity index (χ4n) is 6.31. The highest BCUT2D eigenvalue weighted by Gasteiger charge is 2.25. The molecule has 0 aromatic carbocycles. The summed E-state index contributed by atoms with van der Waals surface area (Å²) in [6.07, 6.45) is 54.2. The number of unbranched alkanes of at least 4 members (excludes halogenated alkanes) is 21. The van der Waals surface area contributed by atoms with Crippen molar-refractivity contribution in [3.63, 3.8) is 0 Å². The lowest BCUT2D eigenvalue weighted by molar-refractivity contribution is -0.161. The van der Waals surface area contributed by atoms with Gasteiger partial charge in [-0.05, 0) is 83.5 Å². The number of phosphoric ester groups is 1. The molecule has 0 spiro atoms. The first-order chi connectivity index (χ1) is 28.8. The Labute approximate surface area is 361 Å². The van der Waals surface area contributed by atoms with Crippen LogP contribution >= 0.6 is 7.82 Å². The molecule has 0 aromatic rings. The van der Waals surface area contributed by atoms with Gasteiger partial charge in [-0.15, -0.1) is 0 Å². The van der Waals surface area contributed by atoms with Crippen molar-refractivity contribution in [3.8, 4) is 0 Å². The van der Waals surface area contributed by atoms with E-state index in [1.54, 1.807) is 0 Å². The molecule has 10 heteroatoms. The highest BCUT2D eigenvalue weighted by atomic mass is 31.2. The quantitative estimate of drug-likeness (QED) is 0.0266. The van der Waals surface area contributed by atoms with Crippen LogP contribution in [0.4, 0.5) is 0 Å². The Balaban J connectivity index is 4.18. The Bertz CT molecular complexity index is 1150. The number of allylic oxidation sites excluding steroid dienone is 10. The predicted octanol–water partition coefficient (Wildman–Crippen LogP) is 14.1. The van der Waals surface area contributed by atoms with Gasteiger partial charge in [0.25, 0.3) is 0 Å². The molecule has 0 rings (SSSR count). The minimum Gasteiger partial charge on any atom is -0.462 e. The van der Waals surface area contributed by atoms with Gasteiger partial charge in [0, 0.05) is 19.4 Å². The average molecular weight is 850 g/mol. The molecule has 0 heterocycles. The second kappa shape index (κ2) is 45.2. The fourth-order valence-corrected chi connectivity index (χ4v) is 7.07. The zero-order valence-electron chi connectivity index (χ0n) is 37.7. The van der Waals surface area contributed by atoms with Crippen LogP contribution in [0.15, 0.2) is 60.8 Å². The van der Waals surface area contributed by atoms with E-state index in [0.29, 0.717) is 12.8 Å². The van der Waals surface area contributed by atoms with Crippen molar-refractivity contribution in [1.29, 1.82) is 0 Å². The van der Waals surface area contributed by atoms with E-state index in [0.717, 1.165) is 57.8 Å². The molecule has 0 fully saturated rings. The maximum atomic E-state index is 12.6. The largest absolute Gasteiger partial charge is 0.472 e. The summed E-state index contributed by atoms with van der Waals surface area (Å²) in [6.45, 7) is 3.62. The lowest BCUT2D eigenvalue weighted by Crippen LogP contribution is -2.29. The number of rotatable bonds is 44. The van der Waals surface area contributed by atoms with Crippen LogP contribution in [0.25, 0.3) is 0 Å². The smallest absolute Gasteiger partial charge is 0.462 e. The van der Waals surface area contributed by atoms with Crippen molar-refractivity contribution < 1.29 is 37.6 Å². The molecule has 3 N–H and O–H groups in total. The van der Waals surface area contributed by atoms with Gasteiger partial charge in [-0.3, -0.25) is 18.6 Å². The van der Waals surface area contributed by atoms with Crippen molar-refractivity contribution >= 4 is 19.8 Å². The predicted molar refractivity (Wildman–Crippen MR) is 247 cm³/mol. The summed E-state index contributed by atoms with van der Waals surface area (Å²) < 4.78 is 32.7. The topological polar surface area (TPSA) is 134 Å². The lowest BCUT2D eigenvalue weighted by atomic mass is 10.0. The average Bonchev–Trinajstić information content (AvgIpc) is 3.22. The van der Waals surface area contributed by atoms with Gasteiger partial charge in [-0.25, -0.2) is 4.57 Å². The van der Waals surface area contributed by atoms with Crippen molar-refractivity contribution in [3.05, 3.63) is 60.8 Å². The number of carbonyl (C=O) groups excluding carboxylic acids is 2. The first-order valence-corrected chi connectivity index (χ1v) is 25.3. The van der Waals surface area contributed by atoms with Crippen molar-refractivity contribution in [2.75, 3.05) is 26.4 Å². The normalized spacial score (nSPS) is 13.8. The molecule has 0 aliphatic carbocycles. The first-order valence-electron chi connectivity index (χ1n) is 23.8. The zero-order valence-corrected chi connectivity index (χ0v) is 38.6. The standard InChI is InChI=1S/C49H88NO8P/c1-3-5-7-9-11-13-15-17-19-20-21-22-23-24-25-26-28-30-32-34-36-38-40-42-49(52)58-47(46-57-59(53,54)56-44-43-50)45-55-48(51)41-39-37-35-33-31-29-27-18-16-14-12-10-8-6-4-2/h12,14,18,26-28,31,33-34,36,47H,3-11,13,15-17,19-25,29-30,32,35,37-46,50H2,1-2H3,(H,53,54)/b14-12+,27-18+,28-26+,33-31+,36-34+/t47-/m1/s1. The molecule has 9 nitrogen and oxygen atoms in total. The minimum atomic E-state index is -4.40. The lowest BCUT2D eigenvalue weighted by Gasteiger charge is -2.19. The van der Waals surface area contributed by atoms with E-state index in [1.807, 2.05) is 0 Å². The highest BCUT2D eigenvalue weighted by molar-refractivity contribution is 7.47. The van der Waals surface area contributed by atoms with Crippen LogP contribution in [0, 0.1) is 0 Å². The summed E-state index contributed by atoms with van der Waals surface area (Å²) in [4.78, 5) is 34.9. The van der Waals surface area contributed by atoms with Gasteiger partial charge >= 0.3 is 19.8 Å². The van der Waals surface area contributed by atoms with E-state index in [1.165, 1.54) is 109 Å². The third kappa shape index (κ3) is 45.1. The summed E-state index contributed by atoms with van der Waals surface area (Å²) in [6, 6.07) is 0. The fraction of sp³-hybridized carbons (Fsp3) is 0.755. The SMILES string of the molecule is CCCCC/C=C/C/C=C/C/C=C/CCCCC(=O)OC[C@H](COP(=O)(O)OCCN)OC(=O)CCC/C=C/CC/C=C/CCCCCCCCCCCCCCCC. The van der Waals surface area contributed by atoms with Gasteiger partial charge in [0.2, 0.25) is 0 Å². The Morgan fingerprint density at radius 1 is 0.508 bits per heavy atom. The third-order valence-electron chi connectivity index (χ3n) is 9.85. The van der Waals surface area contributed by atoms with Crippen LogP contribution in [0.3, 0.4) is 0 Å². The molecule has 0 bridgehead atoms. The van der Waals surface area contributed by atoms with Gasteiger partial charge in [0.1, 0.15) is 6.61 Å². The molecule has 342 valence electrons. The Morgan fingerprint density at radius 2 is 0.915 bits per heavy atom. The van der Waals surface area contributed by atoms with Crippen LogP contribution in [0.1, 0.15) is 206 Å². The maximum absolute atomic E-state index is 12.6. The molecule has 0 saturated heterocycles. The number of hydrogen-bond acceptors (Lipinski definition) is 8. The molecule has 2 atom stereocenters. The van der Waals surface area contributed by atoms with Crippen LogP contribution in [-0.4, -0.2) is 49.3 Å². The molecule has 0 aromatic heterocycles. The van der Waals surface area contributed by atoms with Gasteiger partial charge < -0.3 is 20.1 Å². The molecule has 0 aliphatic rings. The van der Waals surface area contributed by atoms with Crippen molar-refractivity contribution in [1.82, 2.24) is 0 Å².